The number of hydrogen-bond donors (Lipinski definition) is 2. The van der Waals surface area contributed by atoms with Crippen LogP contribution in [0.1, 0.15) is 6.92 Å². The Labute approximate surface area is 55.7 Å². The number of nitrogens with one attached hydrogen (secondary N) is 1. The number of nitrogens with zero attached hydrogens (tertiary/aromatic N) is 1. The smallest absolute Gasteiger partial charge is 0.188 e. The molecule has 0 radical (unpaired) electrons. The maximum absolute atomic E-state index is 5.32. The highest BCUT2D eigenvalue weighted by Crippen LogP contribution is 1.79. The van der Waals surface area contributed by atoms with Gasteiger partial charge in [-0.15, -0.1) is 0 Å². The van der Waals surface area contributed by atoms with E-state index < -0.39 is 0 Å². The van der Waals surface area contributed by atoms with Gasteiger partial charge in [-0.3, -0.25) is 4.99 Å². The van der Waals surface area contributed by atoms with Gasteiger partial charge in [0, 0.05) is 13.6 Å². The molecule has 0 atom stereocenters. The van der Waals surface area contributed by atoms with E-state index in [1.165, 1.54) is 0 Å². The molecule has 0 heterocycles. The second kappa shape index (κ2) is 3.95. The molecule has 0 unspecified atom stereocenters. The highest BCUT2D eigenvalue weighted by molar-refractivity contribution is 5.77. The number of guanidine groups is 1. The molecule has 0 fully saturated rings. The molecule has 0 spiro atoms. The van der Waals surface area contributed by atoms with Crippen LogP contribution in [0.15, 0.2) is 17.1 Å². The molecule has 0 aliphatic carbocycles. The van der Waals surface area contributed by atoms with Crippen LogP contribution >= 0.6 is 0 Å². The highest BCUT2D eigenvalue weighted by atomic mass is 15.1. The Bertz CT molecular complexity index is 126. The lowest BCUT2D eigenvalue weighted by Gasteiger charge is -2.01. The maximum atomic E-state index is 5.32. The minimum atomic E-state index is 0.456. The summed E-state index contributed by atoms with van der Waals surface area (Å²) in [7, 11) is 1.64. The predicted octanol–water partition coefficient (Wildman–Crippen LogP) is 0.0966. The van der Waals surface area contributed by atoms with Gasteiger partial charge >= 0.3 is 0 Å². The summed E-state index contributed by atoms with van der Waals surface area (Å²) in [5.74, 6) is 0.456. The first kappa shape index (κ1) is 8.01. The van der Waals surface area contributed by atoms with E-state index in [-0.39, 0.29) is 0 Å². The third kappa shape index (κ3) is 4.87. The number of hydrogen-bond acceptors (Lipinski definition) is 1. The molecular formula is C6H13N3. The second-order valence-corrected chi connectivity index (χ2v) is 1.92. The quantitative estimate of drug-likeness (QED) is 0.314. The lowest BCUT2D eigenvalue weighted by atomic mass is 10.3. The molecule has 52 valence electrons. The Kier molecular flexibility index (Phi) is 3.51. The molecular weight excluding hydrogens is 114 g/mol. The Morgan fingerprint density at radius 2 is 2.33 bits per heavy atom. The van der Waals surface area contributed by atoms with Crippen LogP contribution in [0, 0.1) is 0 Å². The van der Waals surface area contributed by atoms with Crippen molar-refractivity contribution in [3.63, 3.8) is 0 Å². The first-order valence-corrected chi connectivity index (χ1v) is 2.77. The molecule has 0 saturated carbocycles. The lowest BCUT2D eigenvalue weighted by Crippen LogP contribution is -2.32. The zero-order chi connectivity index (χ0) is 7.28. The van der Waals surface area contributed by atoms with E-state index in [2.05, 4.69) is 16.9 Å². The van der Waals surface area contributed by atoms with Gasteiger partial charge in [-0.2, -0.15) is 0 Å². The first-order valence-electron chi connectivity index (χ1n) is 2.77. The van der Waals surface area contributed by atoms with Crippen LogP contribution in [0.25, 0.3) is 0 Å². The third-order valence-electron chi connectivity index (χ3n) is 0.812. The van der Waals surface area contributed by atoms with E-state index in [1.807, 2.05) is 6.92 Å². The summed E-state index contributed by atoms with van der Waals surface area (Å²) < 4.78 is 0. The minimum Gasteiger partial charge on any atom is -0.370 e. The van der Waals surface area contributed by atoms with Crippen molar-refractivity contribution in [2.45, 2.75) is 6.92 Å². The van der Waals surface area contributed by atoms with Crippen molar-refractivity contribution in [2.75, 3.05) is 13.6 Å². The van der Waals surface area contributed by atoms with Crippen molar-refractivity contribution in [1.82, 2.24) is 5.32 Å². The fourth-order valence-corrected chi connectivity index (χ4v) is 0.321. The van der Waals surface area contributed by atoms with E-state index in [9.17, 15) is 0 Å². The first-order chi connectivity index (χ1) is 4.16. The molecule has 0 aliphatic heterocycles. The van der Waals surface area contributed by atoms with Crippen LogP contribution in [-0.4, -0.2) is 19.6 Å². The van der Waals surface area contributed by atoms with E-state index in [1.54, 1.807) is 7.05 Å². The topological polar surface area (TPSA) is 50.4 Å². The lowest BCUT2D eigenvalue weighted by molar-refractivity contribution is 0.969. The Hall–Kier alpha value is -0.990. The number of nitrogens with two attached hydrogens (primary N) is 1. The molecule has 0 bridgehead atoms. The van der Waals surface area contributed by atoms with E-state index in [0.717, 1.165) is 5.57 Å². The standard InChI is InChI=1S/C6H13N3/c1-5(2)4-9-6(7)8-3/h1,4H2,2-3H3,(H3,7,8,9). The summed E-state index contributed by atoms with van der Waals surface area (Å²) in [5.41, 5.74) is 6.36. The van der Waals surface area contributed by atoms with E-state index in [4.69, 9.17) is 5.73 Å². The second-order valence-electron chi connectivity index (χ2n) is 1.92. The van der Waals surface area contributed by atoms with Crippen molar-refractivity contribution in [2.24, 2.45) is 10.7 Å². The summed E-state index contributed by atoms with van der Waals surface area (Å²) in [4.78, 5) is 3.70. The zero-order valence-corrected chi connectivity index (χ0v) is 5.94. The van der Waals surface area contributed by atoms with Crippen LogP contribution < -0.4 is 11.1 Å². The molecule has 0 amide bonds. The zero-order valence-electron chi connectivity index (χ0n) is 5.94. The van der Waals surface area contributed by atoms with Crippen LogP contribution in [-0.2, 0) is 0 Å². The van der Waals surface area contributed by atoms with Gasteiger partial charge in [0.2, 0.25) is 0 Å². The molecule has 0 saturated heterocycles. The normalized spacial score (nSPS) is 11.1. The van der Waals surface area contributed by atoms with Gasteiger partial charge in [-0.05, 0) is 6.92 Å². The van der Waals surface area contributed by atoms with Crippen LogP contribution in [0.4, 0.5) is 0 Å². The van der Waals surface area contributed by atoms with Gasteiger partial charge in [-0.25, -0.2) is 0 Å². The van der Waals surface area contributed by atoms with Gasteiger partial charge in [0.1, 0.15) is 0 Å². The molecule has 0 aromatic rings. The third-order valence-corrected chi connectivity index (χ3v) is 0.812. The fraction of sp³-hybridized carbons (Fsp3) is 0.500. The molecule has 0 aromatic heterocycles. The van der Waals surface area contributed by atoms with Gasteiger partial charge in [0.05, 0.1) is 0 Å². The summed E-state index contributed by atoms with van der Waals surface area (Å²) >= 11 is 0. The average Bonchev–Trinajstić information content (AvgIpc) is 1.83. The molecule has 0 aliphatic rings. The van der Waals surface area contributed by atoms with Crippen LogP contribution in [0.3, 0.4) is 0 Å². The van der Waals surface area contributed by atoms with Crippen molar-refractivity contribution >= 4 is 5.96 Å². The van der Waals surface area contributed by atoms with Crippen molar-refractivity contribution in [3.05, 3.63) is 12.2 Å². The molecule has 3 heteroatoms. The van der Waals surface area contributed by atoms with Gasteiger partial charge < -0.3 is 11.1 Å². The van der Waals surface area contributed by atoms with Gasteiger partial charge in [-0.1, -0.05) is 12.2 Å². The minimum absolute atomic E-state index is 0.456. The largest absolute Gasteiger partial charge is 0.370 e. The number of rotatable bonds is 2. The van der Waals surface area contributed by atoms with E-state index >= 15 is 0 Å². The summed E-state index contributed by atoms with van der Waals surface area (Å²) in [5, 5.41) is 2.86. The molecule has 9 heavy (non-hydrogen) atoms. The van der Waals surface area contributed by atoms with E-state index in [0.29, 0.717) is 12.5 Å². The predicted molar refractivity (Wildman–Crippen MR) is 40.4 cm³/mol. The molecule has 0 aromatic carbocycles. The number of aliphatic imine (C=N–C) groups is 1. The maximum Gasteiger partial charge on any atom is 0.188 e. The van der Waals surface area contributed by atoms with Crippen LogP contribution in [0.2, 0.25) is 0 Å². The SMILES string of the molecule is C=C(C)CNC(N)=NC. The fourth-order valence-electron chi connectivity index (χ4n) is 0.321. The average molecular weight is 127 g/mol. The summed E-state index contributed by atoms with van der Waals surface area (Å²) in [6, 6.07) is 0. The van der Waals surface area contributed by atoms with Crippen LogP contribution in [0.5, 0.6) is 0 Å². The Morgan fingerprint density at radius 3 is 2.67 bits per heavy atom. The van der Waals surface area contributed by atoms with Gasteiger partial charge in [0.25, 0.3) is 0 Å². The Morgan fingerprint density at radius 1 is 1.78 bits per heavy atom. The van der Waals surface area contributed by atoms with Gasteiger partial charge in [0.15, 0.2) is 5.96 Å². The summed E-state index contributed by atoms with van der Waals surface area (Å²) in [6.07, 6.45) is 0. The molecule has 3 nitrogen and oxygen atoms in total. The summed E-state index contributed by atoms with van der Waals surface area (Å²) in [6.45, 7) is 6.31. The van der Waals surface area contributed by atoms with Crippen molar-refractivity contribution in [3.8, 4) is 0 Å². The monoisotopic (exact) mass is 127 g/mol. The Balaban J connectivity index is 3.39. The molecule has 0 rings (SSSR count). The molecule has 3 N–H and O–H groups in total. The van der Waals surface area contributed by atoms with Crippen molar-refractivity contribution < 1.29 is 0 Å². The highest BCUT2D eigenvalue weighted by Gasteiger charge is 1.85. The van der Waals surface area contributed by atoms with Crippen molar-refractivity contribution in [1.29, 1.82) is 0 Å².